The number of carboxylic acid groups (broad SMARTS) is 1. The zero-order valence-corrected chi connectivity index (χ0v) is 13.2. The molecule has 0 fully saturated rings. The Morgan fingerprint density at radius 2 is 2.05 bits per heavy atom. The molecule has 11 heteroatoms. The monoisotopic (exact) mass is 339 g/mol. The molecule has 0 amide bonds. The van der Waals surface area contributed by atoms with Gasteiger partial charge in [0.1, 0.15) is 21.7 Å². The van der Waals surface area contributed by atoms with E-state index < -0.39 is 37.6 Å². The van der Waals surface area contributed by atoms with Crippen molar-refractivity contribution in [2.75, 3.05) is 12.0 Å². The van der Waals surface area contributed by atoms with E-state index in [1.165, 1.54) is 0 Å². The molecule has 0 spiro atoms. The molecule has 0 aliphatic carbocycles. The van der Waals surface area contributed by atoms with Crippen LogP contribution < -0.4 is 4.72 Å². The lowest BCUT2D eigenvalue weighted by atomic mass is 10.2. The average Bonchev–Trinajstić information content (AvgIpc) is 2.82. The minimum Gasteiger partial charge on any atom is -0.480 e. The maximum Gasteiger partial charge on any atom is 0.321 e. The van der Waals surface area contributed by atoms with E-state index in [4.69, 9.17) is 5.11 Å². The highest BCUT2D eigenvalue weighted by atomic mass is 32.2. The number of aromatic nitrogens is 2. The Bertz CT molecular complexity index is 707. The van der Waals surface area contributed by atoms with E-state index in [1.807, 2.05) is 4.72 Å². The number of carbonyl (C=O) groups is 1. The van der Waals surface area contributed by atoms with E-state index in [0.29, 0.717) is 12.2 Å². The smallest absolute Gasteiger partial charge is 0.321 e. The summed E-state index contributed by atoms with van der Waals surface area (Å²) in [5, 5.41) is 8.72. The number of hydrogen-bond donors (Lipinski definition) is 3. The molecule has 1 atom stereocenters. The molecular formula is C10H17N3O6S2. The lowest BCUT2D eigenvalue weighted by Gasteiger charge is -2.13. The maximum atomic E-state index is 12.0. The fourth-order valence-corrected chi connectivity index (χ4v) is 3.30. The fraction of sp³-hybridized carbons (Fsp3) is 0.600. The molecule has 0 saturated carbocycles. The van der Waals surface area contributed by atoms with Crippen LogP contribution in [-0.2, 0) is 31.1 Å². The molecule has 0 radical (unpaired) electrons. The van der Waals surface area contributed by atoms with Gasteiger partial charge >= 0.3 is 5.97 Å². The van der Waals surface area contributed by atoms with Crippen molar-refractivity contribution in [2.45, 2.75) is 30.8 Å². The summed E-state index contributed by atoms with van der Waals surface area (Å²) in [7, 11) is -7.50. The molecule has 3 N–H and O–H groups in total. The zero-order valence-electron chi connectivity index (χ0n) is 11.5. The predicted octanol–water partition coefficient (Wildman–Crippen LogP) is -0.862. The summed E-state index contributed by atoms with van der Waals surface area (Å²) >= 11 is 0. The summed E-state index contributed by atoms with van der Waals surface area (Å²) in [6.07, 6.45) is 2.16. The third-order valence-corrected chi connectivity index (χ3v) is 4.96. The van der Waals surface area contributed by atoms with Gasteiger partial charge in [0.15, 0.2) is 5.03 Å². The predicted molar refractivity (Wildman–Crippen MR) is 74.0 cm³/mol. The summed E-state index contributed by atoms with van der Waals surface area (Å²) in [5.74, 6) is -1.44. The number of sulfone groups is 1. The number of nitrogens with zero attached hydrogens (tertiary/aromatic N) is 1. The summed E-state index contributed by atoms with van der Waals surface area (Å²) in [6.45, 7) is 1.77. The molecule has 9 nitrogen and oxygen atoms in total. The van der Waals surface area contributed by atoms with Crippen molar-refractivity contribution in [1.82, 2.24) is 14.7 Å². The molecule has 1 unspecified atom stereocenters. The first-order chi connectivity index (χ1) is 9.55. The number of carboxylic acids is 1. The number of aryl methyl sites for hydroxylation is 1. The quantitative estimate of drug-likeness (QED) is 0.558. The Kier molecular flexibility index (Phi) is 5.48. The highest BCUT2D eigenvalue weighted by Crippen LogP contribution is 2.08. The van der Waals surface area contributed by atoms with Crippen LogP contribution in [0.1, 0.15) is 19.2 Å². The molecule has 1 aromatic rings. The number of sulfonamides is 1. The number of nitrogens with one attached hydrogen (secondary N) is 2. The van der Waals surface area contributed by atoms with Gasteiger partial charge in [0.2, 0.25) is 0 Å². The minimum atomic E-state index is -4.11. The minimum absolute atomic E-state index is 0.259. The van der Waals surface area contributed by atoms with E-state index in [1.54, 1.807) is 6.92 Å². The Hall–Kier alpha value is -1.46. The molecule has 120 valence electrons. The van der Waals surface area contributed by atoms with Crippen LogP contribution in [0.4, 0.5) is 0 Å². The second kappa shape index (κ2) is 6.54. The van der Waals surface area contributed by atoms with Gasteiger partial charge in [-0.25, -0.2) is 21.8 Å². The zero-order chi connectivity index (χ0) is 16.3. The van der Waals surface area contributed by atoms with Gasteiger partial charge in [-0.2, -0.15) is 4.72 Å². The van der Waals surface area contributed by atoms with Crippen molar-refractivity contribution in [2.24, 2.45) is 0 Å². The molecule has 0 aromatic carbocycles. The van der Waals surface area contributed by atoms with E-state index in [0.717, 1.165) is 12.5 Å². The Morgan fingerprint density at radius 3 is 2.48 bits per heavy atom. The second-order valence-electron chi connectivity index (χ2n) is 4.48. The van der Waals surface area contributed by atoms with Crippen molar-refractivity contribution >= 4 is 25.8 Å². The second-order valence-corrected chi connectivity index (χ2v) is 8.42. The third-order valence-electron chi connectivity index (χ3n) is 2.60. The van der Waals surface area contributed by atoms with E-state index >= 15 is 0 Å². The van der Waals surface area contributed by atoms with Crippen molar-refractivity contribution in [3.63, 3.8) is 0 Å². The summed E-state index contributed by atoms with van der Waals surface area (Å²) in [4.78, 5) is 17.4. The first kappa shape index (κ1) is 17.6. The lowest BCUT2D eigenvalue weighted by Crippen LogP contribution is -2.41. The first-order valence-corrected chi connectivity index (χ1v) is 9.56. The van der Waals surface area contributed by atoms with Crippen LogP contribution in [0.2, 0.25) is 0 Å². The third kappa shape index (κ3) is 5.44. The summed E-state index contributed by atoms with van der Waals surface area (Å²) in [5.41, 5.74) is 0. The maximum absolute atomic E-state index is 12.0. The number of H-pyrrole nitrogens is 1. The summed E-state index contributed by atoms with van der Waals surface area (Å²) < 4.78 is 48.1. The van der Waals surface area contributed by atoms with Crippen molar-refractivity contribution in [3.8, 4) is 0 Å². The van der Waals surface area contributed by atoms with Gasteiger partial charge in [-0.15, -0.1) is 0 Å². The van der Waals surface area contributed by atoms with Crippen molar-refractivity contribution in [3.05, 3.63) is 12.0 Å². The molecule has 0 saturated heterocycles. The fourth-order valence-electron chi connectivity index (χ4n) is 1.48. The largest absolute Gasteiger partial charge is 0.480 e. The van der Waals surface area contributed by atoms with Gasteiger partial charge < -0.3 is 10.1 Å². The van der Waals surface area contributed by atoms with Crippen LogP contribution in [-0.4, -0.2) is 55.9 Å². The molecule has 0 bridgehead atoms. The number of rotatable bonds is 8. The normalized spacial score (nSPS) is 14.0. The molecule has 0 aliphatic heterocycles. The van der Waals surface area contributed by atoms with E-state index in [-0.39, 0.29) is 11.4 Å². The van der Waals surface area contributed by atoms with Gasteiger partial charge in [0.05, 0.1) is 11.9 Å². The van der Waals surface area contributed by atoms with Crippen LogP contribution in [0.15, 0.2) is 11.2 Å². The lowest BCUT2D eigenvalue weighted by molar-refractivity contribution is -0.139. The summed E-state index contributed by atoms with van der Waals surface area (Å²) in [6, 6.07) is -1.53. The number of aromatic amines is 1. The Balaban J connectivity index is 2.89. The molecule has 1 aromatic heterocycles. The first-order valence-electron chi connectivity index (χ1n) is 6.02. The standard InChI is InChI=1S/C10H17N3O6S2/c1-3-8-11-6-9(12-8)21(18,19)13-7(10(14)15)4-5-20(2,16)17/h6-7,13H,3-5H2,1-2H3,(H,11,12)(H,14,15). The SMILES string of the molecule is CCc1ncc(S(=O)(=O)NC(CCS(C)(=O)=O)C(=O)O)[nH]1. The van der Waals surface area contributed by atoms with Gasteiger partial charge in [-0.1, -0.05) is 6.92 Å². The van der Waals surface area contributed by atoms with Crippen molar-refractivity contribution < 1.29 is 26.7 Å². The van der Waals surface area contributed by atoms with E-state index in [2.05, 4.69) is 9.97 Å². The highest BCUT2D eigenvalue weighted by Gasteiger charge is 2.27. The number of hydrogen-bond acceptors (Lipinski definition) is 6. The molecule has 1 heterocycles. The van der Waals surface area contributed by atoms with Crippen LogP contribution in [0.5, 0.6) is 0 Å². The topological polar surface area (TPSA) is 146 Å². The van der Waals surface area contributed by atoms with Gasteiger partial charge in [0.25, 0.3) is 10.0 Å². The number of aliphatic carboxylic acids is 1. The number of imidazole rings is 1. The van der Waals surface area contributed by atoms with Gasteiger partial charge in [0, 0.05) is 12.7 Å². The van der Waals surface area contributed by atoms with Gasteiger partial charge in [-0.05, 0) is 6.42 Å². The average molecular weight is 339 g/mol. The van der Waals surface area contributed by atoms with Crippen LogP contribution in [0, 0.1) is 0 Å². The molecule has 0 aliphatic rings. The highest BCUT2D eigenvalue weighted by molar-refractivity contribution is 7.90. The Morgan fingerprint density at radius 1 is 1.43 bits per heavy atom. The van der Waals surface area contributed by atoms with Gasteiger partial charge in [-0.3, -0.25) is 4.79 Å². The van der Waals surface area contributed by atoms with Crippen LogP contribution in [0.3, 0.4) is 0 Å². The molecule has 21 heavy (non-hydrogen) atoms. The Labute approximate surface area is 122 Å². The molecule has 1 rings (SSSR count). The van der Waals surface area contributed by atoms with Crippen LogP contribution >= 0.6 is 0 Å². The van der Waals surface area contributed by atoms with E-state index in [9.17, 15) is 21.6 Å². The molecular weight excluding hydrogens is 322 g/mol. The van der Waals surface area contributed by atoms with Crippen molar-refractivity contribution in [1.29, 1.82) is 0 Å². The van der Waals surface area contributed by atoms with Crippen LogP contribution in [0.25, 0.3) is 0 Å².